The van der Waals surface area contributed by atoms with E-state index in [2.05, 4.69) is 30.6 Å². The summed E-state index contributed by atoms with van der Waals surface area (Å²) in [5.41, 5.74) is 3.05. The molecule has 5 rings (SSSR count). The third kappa shape index (κ3) is 5.50. The number of carbonyl (C=O) groups is 1. The minimum absolute atomic E-state index is 0.0151. The minimum Gasteiger partial charge on any atom is -0.365 e. The van der Waals surface area contributed by atoms with E-state index in [-0.39, 0.29) is 35.0 Å². The molecule has 0 aliphatic rings. The molecule has 194 valence electrons. The van der Waals surface area contributed by atoms with Crippen molar-refractivity contribution in [3.8, 4) is 17.2 Å². The molecular weight excluding hydrogens is 504 g/mol. The van der Waals surface area contributed by atoms with Crippen molar-refractivity contribution in [3.63, 3.8) is 0 Å². The number of halogens is 2. The lowest BCUT2D eigenvalue weighted by molar-refractivity contribution is 0.0940. The van der Waals surface area contributed by atoms with Crippen LogP contribution < -0.4 is 16.3 Å². The number of aromatic amines is 2. The lowest BCUT2D eigenvalue weighted by atomic mass is 10.0. The van der Waals surface area contributed by atoms with Crippen molar-refractivity contribution >= 4 is 22.9 Å². The molecule has 3 heterocycles. The molecule has 4 N–H and O–H groups in total. The van der Waals surface area contributed by atoms with Crippen LogP contribution in [0.4, 0.5) is 14.6 Å². The van der Waals surface area contributed by atoms with Crippen LogP contribution in [-0.2, 0) is 6.54 Å². The molecule has 0 radical (unpaired) electrons. The van der Waals surface area contributed by atoms with Gasteiger partial charge >= 0.3 is 5.69 Å². The molecule has 1 unspecified atom stereocenters. The number of anilines is 1. The highest BCUT2D eigenvalue weighted by Crippen LogP contribution is 2.24. The summed E-state index contributed by atoms with van der Waals surface area (Å²) in [6, 6.07) is 15.0. The average Bonchev–Trinajstić information content (AvgIpc) is 3.31. The van der Waals surface area contributed by atoms with Crippen molar-refractivity contribution in [1.29, 1.82) is 5.26 Å². The topological polar surface area (TPSA) is 139 Å². The number of fused-ring (bicyclic) bond motifs is 1. The van der Waals surface area contributed by atoms with Crippen LogP contribution in [0.3, 0.4) is 0 Å². The molecule has 0 bridgehead atoms. The lowest BCUT2D eigenvalue weighted by Gasteiger charge is -2.17. The van der Waals surface area contributed by atoms with Gasteiger partial charge in [-0.05, 0) is 48.4 Å². The Bertz CT molecular complexity index is 1790. The molecule has 9 nitrogen and oxygen atoms in total. The van der Waals surface area contributed by atoms with E-state index in [0.717, 1.165) is 0 Å². The molecule has 2 aromatic carbocycles. The third-order valence-corrected chi connectivity index (χ3v) is 6.18. The van der Waals surface area contributed by atoms with Crippen molar-refractivity contribution in [2.45, 2.75) is 19.5 Å². The van der Waals surface area contributed by atoms with E-state index in [9.17, 15) is 19.2 Å². The zero-order valence-corrected chi connectivity index (χ0v) is 20.5. The molecule has 1 amide bonds. The Labute approximate surface area is 220 Å². The van der Waals surface area contributed by atoms with E-state index >= 15 is 4.39 Å². The first-order chi connectivity index (χ1) is 18.8. The Morgan fingerprint density at radius 1 is 1.03 bits per heavy atom. The zero-order chi connectivity index (χ0) is 27.5. The fraction of sp³-hybridized carbons (Fsp3) is 0.107. The SMILES string of the molecule is CC(NC(=O)c1cc(C#N)cnc1NCc1ccc(-c2cnc3[nH]c(=O)[nH]c3c2)cc1F)c1ccc(F)cc1. The van der Waals surface area contributed by atoms with Crippen LogP contribution in [0.1, 0.15) is 40.0 Å². The molecule has 11 heteroatoms. The molecule has 5 aromatic rings. The van der Waals surface area contributed by atoms with Gasteiger partial charge in [0.1, 0.15) is 23.5 Å². The highest BCUT2D eigenvalue weighted by atomic mass is 19.1. The predicted octanol–water partition coefficient (Wildman–Crippen LogP) is 4.57. The van der Waals surface area contributed by atoms with E-state index < -0.39 is 17.8 Å². The predicted molar refractivity (Wildman–Crippen MR) is 141 cm³/mol. The maximum absolute atomic E-state index is 15.0. The Balaban J connectivity index is 1.34. The fourth-order valence-corrected chi connectivity index (χ4v) is 4.08. The normalized spacial score (nSPS) is 11.6. The number of imidazole rings is 1. The molecule has 1 atom stereocenters. The van der Waals surface area contributed by atoms with Crippen LogP contribution in [0.15, 0.2) is 71.8 Å². The lowest BCUT2D eigenvalue weighted by Crippen LogP contribution is -2.28. The minimum atomic E-state index is -0.500. The number of hydrogen-bond acceptors (Lipinski definition) is 6. The van der Waals surface area contributed by atoms with E-state index in [1.807, 2.05) is 6.07 Å². The summed E-state index contributed by atoms with van der Waals surface area (Å²) in [6.07, 6.45) is 2.85. The molecule has 0 spiro atoms. The monoisotopic (exact) mass is 525 g/mol. The van der Waals surface area contributed by atoms with E-state index in [0.29, 0.717) is 33.4 Å². The largest absolute Gasteiger partial charge is 0.365 e. The first-order valence-electron chi connectivity index (χ1n) is 11.9. The van der Waals surface area contributed by atoms with Crippen LogP contribution >= 0.6 is 0 Å². The zero-order valence-electron chi connectivity index (χ0n) is 20.5. The second-order valence-corrected chi connectivity index (χ2v) is 8.84. The van der Waals surface area contributed by atoms with Gasteiger partial charge in [-0.25, -0.2) is 23.5 Å². The second kappa shape index (κ2) is 10.5. The van der Waals surface area contributed by atoms with Gasteiger partial charge in [-0.3, -0.25) is 9.78 Å². The summed E-state index contributed by atoms with van der Waals surface area (Å²) in [6.45, 7) is 1.76. The van der Waals surface area contributed by atoms with Gasteiger partial charge in [-0.2, -0.15) is 5.26 Å². The van der Waals surface area contributed by atoms with Crippen molar-refractivity contribution in [2.24, 2.45) is 0 Å². The molecule has 39 heavy (non-hydrogen) atoms. The number of H-pyrrole nitrogens is 2. The summed E-state index contributed by atoms with van der Waals surface area (Å²) >= 11 is 0. The molecule has 0 saturated heterocycles. The Hall–Kier alpha value is -5.37. The number of amides is 1. The summed E-state index contributed by atoms with van der Waals surface area (Å²) in [5.74, 6) is -1.20. The molecule has 0 fully saturated rings. The number of nitrogens with zero attached hydrogens (tertiary/aromatic N) is 3. The Kier molecular flexibility index (Phi) is 6.84. The van der Waals surface area contributed by atoms with Crippen molar-refractivity contribution in [1.82, 2.24) is 25.3 Å². The van der Waals surface area contributed by atoms with Crippen LogP contribution in [0.5, 0.6) is 0 Å². The summed E-state index contributed by atoms with van der Waals surface area (Å²) in [7, 11) is 0. The first kappa shape index (κ1) is 25.3. The number of hydrogen-bond donors (Lipinski definition) is 4. The molecule has 0 saturated carbocycles. The van der Waals surface area contributed by atoms with Crippen molar-refractivity contribution in [3.05, 3.63) is 111 Å². The fourth-order valence-electron chi connectivity index (χ4n) is 4.08. The molecule has 0 aliphatic carbocycles. The highest BCUT2D eigenvalue weighted by Gasteiger charge is 2.18. The number of nitrogens with one attached hydrogen (secondary N) is 4. The average molecular weight is 526 g/mol. The number of benzene rings is 2. The molecule has 0 aliphatic heterocycles. The number of nitriles is 1. The number of rotatable bonds is 7. The van der Waals surface area contributed by atoms with Gasteiger partial charge in [-0.1, -0.05) is 24.3 Å². The van der Waals surface area contributed by atoms with Crippen LogP contribution in [0.25, 0.3) is 22.3 Å². The van der Waals surface area contributed by atoms with Crippen LogP contribution in [0, 0.1) is 23.0 Å². The Morgan fingerprint density at radius 3 is 2.56 bits per heavy atom. The van der Waals surface area contributed by atoms with Gasteiger partial charge in [-0.15, -0.1) is 0 Å². The highest BCUT2D eigenvalue weighted by molar-refractivity contribution is 5.99. The maximum atomic E-state index is 15.0. The Morgan fingerprint density at radius 2 is 1.82 bits per heavy atom. The van der Waals surface area contributed by atoms with E-state index in [1.54, 1.807) is 37.3 Å². The quantitative estimate of drug-likeness (QED) is 0.246. The number of carbonyl (C=O) groups excluding carboxylic acids is 1. The van der Waals surface area contributed by atoms with Gasteiger partial charge in [0.2, 0.25) is 0 Å². The molecule has 3 aromatic heterocycles. The number of aromatic nitrogens is 4. The van der Waals surface area contributed by atoms with Gasteiger partial charge in [0.05, 0.1) is 22.7 Å². The second-order valence-electron chi connectivity index (χ2n) is 8.84. The first-order valence-corrected chi connectivity index (χ1v) is 11.9. The van der Waals surface area contributed by atoms with Crippen LogP contribution in [-0.4, -0.2) is 25.8 Å². The van der Waals surface area contributed by atoms with Crippen LogP contribution in [0.2, 0.25) is 0 Å². The number of pyridine rings is 2. The summed E-state index contributed by atoms with van der Waals surface area (Å²) in [4.78, 5) is 38.1. The standard InChI is InChI=1S/C28H21F2N7O2/c1-15(17-4-6-21(29)7-5-17)35-27(38)22-8-16(11-31)12-32-25(22)33-13-19-3-2-18(9-23(19)30)20-10-24-26(34-14-20)37-28(39)36-24/h2-10,12,14-15H,13H2,1H3,(H,32,33)(H,35,38)(H2,34,36,37,39). The smallest absolute Gasteiger partial charge is 0.325 e. The maximum Gasteiger partial charge on any atom is 0.325 e. The van der Waals surface area contributed by atoms with Gasteiger partial charge in [0, 0.05) is 30.1 Å². The molecular formula is C28H21F2N7O2. The van der Waals surface area contributed by atoms with E-state index in [1.165, 1.54) is 36.7 Å². The summed E-state index contributed by atoms with van der Waals surface area (Å²) < 4.78 is 28.3. The summed E-state index contributed by atoms with van der Waals surface area (Å²) in [5, 5.41) is 15.1. The van der Waals surface area contributed by atoms with Crippen molar-refractivity contribution in [2.75, 3.05) is 5.32 Å². The van der Waals surface area contributed by atoms with Gasteiger partial charge < -0.3 is 15.6 Å². The van der Waals surface area contributed by atoms with Gasteiger partial charge in [0.15, 0.2) is 5.65 Å². The third-order valence-electron chi connectivity index (χ3n) is 6.18. The van der Waals surface area contributed by atoms with E-state index in [4.69, 9.17) is 0 Å². The van der Waals surface area contributed by atoms with Crippen molar-refractivity contribution < 1.29 is 13.6 Å². The van der Waals surface area contributed by atoms with Gasteiger partial charge in [0.25, 0.3) is 5.91 Å².